The Hall–Kier alpha value is -2.89. The second-order valence-corrected chi connectivity index (χ2v) is 7.62. The van der Waals surface area contributed by atoms with Crippen LogP contribution < -0.4 is 5.66 Å². The van der Waals surface area contributed by atoms with Crippen LogP contribution in [0.2, 0.25) is 0 Å². The molecule has 190 valence electrons. The first-order chi connectivity index (χ1) is 16.4. The Morgan fingerprint density at radius 1 is 0.771 bits per heavy atom. The molecule has 0 unspecified atom stereocenters. The molecule has 0 fully saturated rings. The minimum absolute atomic E-state index is 0.0162. The van der Waals surface area contributed by atoms with Crippen LogP contribution in [0.4, 0.5) is 0 Å². The van der Waals surface area contributed by atoms with Gasteiger partial charge in [0.25, 0.3) is 0 Å². The van der Waals surface area contributed by atoms with E-state index in [0.29, 0.717) is 9.34 Å². The van der Waals surface area contributed by atoms with E-state index in [9.17, 15) is 14.4 Å². The summed E-state index contributed by atoms with van der Waals surface area (Å²) < 4.78 is 15.5. The fourth-order valence-electron chi connectivity index (χ4n) is 1.94. The van der Waals surface area contributed by atoms with E-state index in [1.807, 2.05) is 0 Å². The van der Waals surface area contributed by atoms with Gasteiger partial charge in [0.1, 0.15) is 5.66 Å². The van der Waals surface area contributed by atoms with Crippen LogP contribution in [-0.2, 0) is 9.68 Å². The van der Waals surface area contributed by atoms with Crippen LogP contribution in [0.5, 0.6) is 0 Å². The number of halogens is 2. The second-order valence-electron chi connectivity index (χ2n) is 6.06. The van der Waals surface area contributed by atoms with Crippen LogP contribution in [-0.4, -0.2) is 78.5 Å². The van der Waals surface area contributed by atoms with Crippen molar-refractivity contribution in [1.29, 1.82) is 0 Å². The van der Waals surface area contributed by atoms with Gasteiger partial charge in [-0.3, -0.25) is 19.3 Å². The number of hydroxylamine groups is 4. The van der Waals surface area contributed by atoms with Gasteiger partial charge in [0, 0.05) is 14.1 Å². The summed E-state index contributed by atoms with van der Waals surface area (Å²) in [5.41, 5.74) is -0.0853. The molecule has 35 heavy (non-hydrogen) atoms. The zero-order chi connectivity index (χ0) is 26.7. The SMILES string of the molecule is CON(C)C(=O)c1ccc(B(O)O)o1.CON(C)C(=O)c1ccc(Br)o1.O=C(O)c1ccc(Br)o1. The first-order valence-corrected chi connectivity index (χ1v) is 10.8. The zero-order valence-electron chi connectivity index (χ0n) is 18.8. The molecule has 0 aliphatic carbocycles. The lowest BCUT2D eigenvalue weighted by Gasteiger charge is -2.10. The quantitative estimate of drug-likeness (QED) is 0.270. The minimum Gasteiger partial charge on any atom is -0.475 e. The third-order valence-corrected chi connectivity index (χ3v) is 4.63. The van der Waals surface area contributed by atoms with Crippen molar-refractivity contribution in [3.8, 4) is 0 Å². The largest absolute Gasteiger partial charge is 0.526 e. The number of nitrogens with zero attached hydrogens (tertiary/aromatic N) is 2. The van der Waals surface area contributed by atoms with Gasteiger partial charge in [0.15, 0.2) is 20.9 Å². The van der Waals surface area contributed by atoms with Crippen LogP contribution in [0, 0.1) is 0 Å². The third kappa shape index (κ3) is 9.71. The number of aromatic carboxylic acids is 1. The molecule has 0 radical (unpaired) electrons. The maximum atomic E-state index is 11.4. The molecule has 0 aromatic carbocycles. The number of carboxylic acid groups (broad SMARTS) is 1. The normalized spacial score (nSPS) is 9.83. The molecule has 0 spiro atoms. The summed E-state index contributed by atoms with van der Waals surface area (Å²) in [5, 5.41) is 27.8. The van der Waals surface area contributed by atoms with E-state index < -0.39 is 19.0 Å². The standard InChI is InChI=1S/C7H10BNO5.C7H8BrNO3.C5H3BrO3/c1-9(13-2)7(10)5-3-4-6(14-5)8(11)12;1-9(11-2)7(10)5-3-4-6(8)12-5;6-4-2-1-3(9-4)5(7)8/h3-4,11-12H,1-2H3;3-4H,1-2H3;1-2H,(H,7,8). The van der Waals surface area contributed by atoms with Gasteiger partial charge in [-0.25, -0.2) is 14.9 Å². The molecule has 2 amide bonds. The molecule has 3 N–H and O–H groups in total. The summed E-state index contributed by atoms with van der Waals surface area (Å²) in [5.74, 6) is -1.70. The maximum absolute atomic E-state index is 11.4. The number of hydrogen-bond acceptors (Lipinski definition) is 10. The molecule has 0 bridgehead atoms. The van der Waals surface area contributed by atoms with Crippen molar-refractivity contribution in [3.05, 3.63) is 63.0 Å². The summed E-state index contributed by atoms with van der Waals surface area (Å²) in [7, 11) is 3.96. The molecule has 0 aliphatic heterocycles. The average molecular weight is 624 g/mol. The predicted molar refractivity (Wildman–Crippen MR) is 127 cm³/mol. The Kier molecular flexibility index (Phi) is 12.5. The first kappa shape index (κ1) is 30.1. The van der Waals surface area contributed by atoms with Crippen molar-refractivity contribution in [3.63, 3.8) is 0 Å². The summed E-state index contributed by atoms with van der Waals surface area (Å²) in [6.07, 6.45) is 0. The lowest BCUT2D eigenvalue weighted by atomic mass is 9.88. The highest BCUT2D eigenvalue weighted by Crippen LogP contribution is 2.15. The Morgan fingerprint density at radius 3 is 1.46 bits per heavy atom. The number of carbonyl (C=O) groups is 3. The second kappa shape index (κ2) is 14.5. The Balaban J connectivity index is 0.000000269. The summed E-state index contributed by atoms with van der Waals surface area (Å²) >= 11 is 6.06. The molecule has 0 aliphatic rings. The summed E-state index contributed by atoms with van der Waals surface area (Å²) in [6.45, 7) is 0. The van der Waals surface area contributed by atoms with Crippen molar-refractivity contribution >= 4 is 62.4 Å². The van der Waals surface area contributed by atoms with Gasteiger partial charge >= 0.3 is 24.9 Å². The van der Waals surface area contributed by atoms with Crippen molar-refractivity contribution < 1.29 is 52.5 Å². The molecular formula is C19H21BBr2N2O11. The van der Waals surface area contributed by atoms with Gasteiger partial charge < -0.3 is 28.4 Å². The van der Waals surface area contributed by atoms with Gasteiger partial charge in [-0.05, 0) is 68.3 Å². The maximum Gasteiger partial charge on any atom is 0.526 e. The Labute approximate surface area is 216 Å². The van der Waals surface area contributed by atoms with Gasteiger partial charge in [0.2, 0.25) is 5.76 Å². The lowest BCUT2D eigenvalue weighted by Crippen LogP contribution is -2.29. The topological polar surface area (TPSA) is 176 Å². The van der Waals surface area contributed by atoms with Crippen molar-refractivity contribution in [2.75, 3.05) is 28.3 Å². The lowest BCUT2D eigenvalue weighted by molar-refractivity contribution is -0.0774. The van der Waals surface area contributed by atoms with E-state index in [4.69, 9.17) is 24.0 Å². The molecular weight excluding hydrogens is 603 g/mol. The summed E-state index contributed by atoms with van der Waals surface area (Å²) in [4.78, 5) is 42.0. The molecule has 3 aromatic heterocycles. The minimum atomic E-state index is -1.72. The zero-order valence-corrected chi connectivity index (χ0v) is 22.0. The number of amides is 2. The predicted octanol–water partition coefficient (Wildman–Crippen LogP) is 2.01. The molecule has 13 nitrogen and oxygen atoms in total. The molecule has 0 saturated carbocycles. The van der Waals surface area contributed by atoms with Crippen LogP contribution in [0.15, 0.2) is 59.0 Å². The molecule has 16 heteroatoms. The average Bonchev–Trinajstić information content (AvgIpc) is 3.58. The van der Waals surface area contributed by atoms with Crippen LogP contribution in [0.1, 0.15) is 31.7 Å². The van der Waals surface area contributed by atoms with Gasteiger partial charge in [0.05, 0.1) is 14.2 Å². The van der Waals surface area contributed by atoms with E-state index >= 15 is 0 Å². The van der Waals surface area contributed by atoms with E-state index in [1.165, 1.54) is 52.6 Å². The van der Waals surface area contributed by atoms with Gasteiger partial charge in [-0.15, -0.1) is 0 Å². The fraction of sp³-hybridized carbons (Fsp3) is 0.211. The van der Waals surface area contributed by atoms with Crippen molar-refractivity contribution in [2.24, 2.45) is 0 Å². The van der Waals surface area contributed by atoms with E-state index in [2.05, 4.69) is 46.0 Å². The van der Waals surface area contributed by atoms with Crippen LogP contribution in [0.3, 0.4) is 0 Å². The highest BCUT2D eigenvalue weighted by atomic mass is 79.9. The van der Waals surface area contributed by atoms with Crippen molar-refractivity contribution in [1.82, 2.24) is 10.1 Å². The molecule has 3 heterocycles. The molecule has 3 aromatic rings. The van der Waals surface area contributed by atoms with Crippen molar-refractivity contribution in [2.45, 2.75) is 0 Å². The fourth-order valence-corrected chi connectivity index (χ4v) is 2.55. The Morgan fingerprint density at radius 2 is 1.17 bits per heavy atom. The van der Waals surface area contributed by atoms with Crippen LogP contribution >= 0.6 is 31.9 Å². The smallest absolute Gasteiger partial charge is 0.475 e. The number of rotatable bonds is 6. The first-order valence-electron chi connectivity index (χ1n) is 9.25. The molecule has 3 rings (SSSR count). The number of hydrogen-bond donors (Lipinski definition) is 3. The molecule has 0 saturated heterocycles. The highest BCUT2D eigenvalue weighted by molar-refractivity contribution is 9.10. The van der Waals surface area contributed by atoms with Gasteiger partial charge in [-0.1, -0.05) is 0 Å². The number of furan rings is 3. The monoisotopic (exact) mass is 622 g/mol. The summed E-state index contributed by atoms with van der Waals surface area (Å²) in [6, 6.07) is 8.78. The Bertz CT molecular complexity index is 1110. The third-order valence-electron chi connectivity index (χ3n) is 3.78. The van der Waals surface area contributed by atoms with E-state index in [1.54, 1.807) is 12.1 Å². The van der Waals surface area contributed by atoms with Crippen LogP contribution in [0.25, 0.3) is 0 Å². The number of carboxylic acids is 1. The van der Waals surface area contributed by atoms with E-state index in [-0.39, 0.29) is 28.8 Å². The highest BCUT2D eigenvalue weighted by Gasteiger charge is 2.21. The van der Waals surface area contributed by atoms with Gasteiger partial charge in [-0.2, -0.15) is 0 Å². The number of carbonyl (C=O) groups excluding carboxylic acids is 2. The van der Waals surface area contributed by atoms with E-state index in [0.717, 1.165) is 10.1 Å². The molecule has 0 atom stereocenters.